The molecule has 172 valence electrons. The molecule has 0 bridgehead atoms. The van der Waals surface area contributed by atoms with Gasteiger partial charge in [-0.25, -0.2) is 4.79 Å². The molecular weight excluding hydrogens is 442 g/mol. The minimum absolute atomic E-state index is 0.00889. The lowest BCUT2D eigenvalue weighted by atomic mass is 9.93. The Balaban J connectivity index is 1.71. The number of Topliss-reactive ketones (excluding diaryl/α,β-unsaturated/α-hetero) is 1. The number of benzene rings is 4. The summed E-state index contributed by atoms with van der Waals surface area (Å²) in [7, 11) is 1.29. The molecule has 1 aliphatic heterocycles. The van der Waals surface area contributed by atoms with E-state index < -0.39 is 23.7 Å². The Morgan fingerprint density at radius 2 is 1.49 bits per heavy atom. The molecule has 0 saturated carbocycles. The van der Waals surface area contributed by atoms with Crippen LogP contribution in [0.25, 0.3) is 16.5 Å². The molecule has 6 heteroatoms. The number of fused-ring (bicyclic) bond motifs is 1. The van der Waals surface area contributed by atoms with Crippen LogP contribution in [0.15, 0.2) is 103 Å². The van der Waals surface area contributed by atoms with Crippen molar-refractivity contribution >= 4 is 39.9 Å². The molecule has 0 spiro atoms. The molecule has 0 aliphatic carbocycles. The lowest BCUT2D eigenvalue weighted by Crippen LogP contribution is -2.29. The number of carbonyl (C=O) groups is 3. The van der Waals surface area contributed by atoms with E-state index in [1.165, 1.54) is 24.1 Å². The highest BCUT2D eigenvalue weighted by Crippen LogP contribution is 2.42. The van der Waals surface area contributed by atoms with Crippen LogP contribution in [0.5, 0.6) is 0 Å². The number of esters is 1. The minimum Gasteiger partial charge on any atom is -0.507 e. The topological polar surface area (TPSA) is 83.9 Å². The van der Waals surface area contributed by atoms with Crippen LogP contribution in [0.4, 0.5) is 5.69 Å². The highest BCUT2D eigenvalue weighted by Gasteiger charge is 2.47. The molecule has 1 N–H and O–H groups in total. The van der Waals surface area contributed by atoms with Crippen molar-refractivity contribution in [2.75, 3.05) is 12.0 Å². The van der Waals surface area contributed by atoms with E-state index in [1.54, 1.807) is 24.3 Å². The van der Waals surface area contributed by atoms with E-state index in [0.29, 0.717) is 22.4 Å². The van der Waals surface area contributed by atoms with E-state index >= 15 is 0 Å². The van der Waals surface area contributed by atoms with E-state index in [2.05, 4.69) is 0 Å². The Kier molecular flexibility index (Phi) is 5.63. The molecular formula is C29H21NO5. The van der Waals surface area contributed by atoms with Gasteiger partial charge in [0.25, 0.3) is 11.7 Å². The van der Waals surface area contributed by atoms with Gasteiger partial charge in [0, 0.05) is 11.3 Å². The van der Waals surface area contributed by atoms with E-state index in [4.69, 9.17) is 4.74 Å². The number of aliphatic hydroxyl groups is 1. The van der Waals surface area contributed by atoms with E-state index in [9.17, 15) is 19.5 Å². The first kappa shape index (κ1) is 22.1. The van der Waals surface area contributed by atoms with Crippen LogP contribution in [-0.2, 0) is 14.3 Å². The molecule has 4 aromatic rings. The Hall–Kier alpha value is -4.71. The van der Waals surface area contributed by atoms with Gasteiger partial charge in [-0.05, 0) is 40.6 Å². The molecule has 5 rings (SSSR count). The number of hydrogen-bond donors (Lipinski definition) is 1. The predicted octanol–water partition coefficient (Wildman–Crippen LogP) is 5.25. The van der Waals surface area contributed by atoms with Crippen LogP contribution in [-0.4, -0.2) is 29.9 Å². The van der Waals surface area contributed by atoms with Crippen LogP contribution in [0.2, 0.25) is 0 Å². The summed E-state index contributed by atoms with van der Waals surface area (Å²) >= 11 is 0. The molecule has 1 saturated heterocycles. The van der Waals surface area contributed by atoms with Gasteiger partial charge in [0.05, 0.1) is 24.3 Å². The summed E-state index contributed by atoms with van der Waals surface area (Å²) in [5.41, 5.74) is 1.90. The number of methoxy groups -OCH3 is 1. The number of ether oxygens (including phenoxy) is 1. The van der Waals surface area contributed by atoms with Gasteiger partial charge < -0.3 is 9.84 Å². The third-order valence-corrected chi connectivity index (χ3v) is 6.17. The summed E-state index contributed by atoms with van der Waals surface area (Å²) in [4.78, 5) is 39.9. The molecule has 1 fully saturated rings. The maximum atomic E-state index is 13.4. The smallest absolute Gasteiger partial charge is 0.337 e. The molecule has 0 radical (unpaired) electrons. The first-order valence-corrected chi connectivity index (χ1v) is 11.0. The maximum Gasteiger partial charge on any atom is 0.337 e. The predicted molar refractivity (Wildman–Crippen MR) is 133 cm³/mol. The molecule has 0 aromatic heterocycles. The van der Waals surface area contributed by atoms with Gasteiger partial charge in [-0.1, -0.05) is 72.8 Å². The zero-order valence-electron chi connectivity index (χ0n) is 18.8. The summed E-state index contributed by atoms with van der Waals surface area (Å²) < 4.78 is 4.75. The van der Waals surface area contributed by atoms with Gasteiger partial charge in [-0.3, -0.25) is 14.5 Å². The molecule has 1 atom stereocenters. The van der Waals surface area contributed by atoms with E-state index in [1.807, 2.05) is 60.7 Å². The fourth-order valence-electron chi connectivity index (χ4n) is 4.50. The second-order valence-electron chi connectivity index (χ2n) is 8.14. The number of nitrogens with zero attached hydrogens (tertiary/aromatic N) is 1. The van der Waals surface area contributed by atoms with Gasteiger partial charge in [-0.15, -0.1) is 0 Å². The Morgan fingerprint density at radius 3 is 2.20 bits per heavy atom. The van der Waals surface area contributed by atoms with Crippen LogP contribution in [0, 0.1) is 0 Å². The number of anilines is 1. The van der Waals surface area contributed by atoms with Crippen LogP contribution < -0.4 is 4.90 Å². The second-order valence-corrected chi connectivity index (χ2v) is 8.14. The monoisotopic (exact) mass is 463 g/mol. The number of aliphatic hydroxyl groups excluding tert-OH is 1. The quantitative estimate of drug-likeness (QED) is 0.193. The Labute approximate surface area is 201 Å². The average molecular weight is 463 g/mol. The lowest BCUT2D eigenvalue weighted by molar-refractivity contribution is -0.132. The Morgan fingerprint density at radius 1 is 0.829 bits per heavy atom. The summed E-state index contributed by atoms with van der Waals surface area (Å²) in [6.07, 6.45) is 0. The van der Waals surface area contributed by atoms with Crippen molar-refractivity contribution in [3.63, 3.8) is 0 Å². The number of rotatable bonds is 4. The first-order valence-electron chi connectivity index (χ1n) is 11.0. The van der Waals surface area contributed by atoms with Gasteiger partial charge in [0.15, 0.2) is 0 Å². The summed E-state index contributed by atoms with van der Waals surface area (Å²) in [6, 6.07) is 27.5. The van der Waals surface area contributed by atoms with Crippen molar-refractivity contribution < 1.29 is 24.2 Å². The summed E-state index contributed by atoms with van der Waals surface area (Å²) in [6.45, 7) is 0. The second kappa shape index (κ2) is 8.91. The lowest BCUT2D eigenvalue weighted by Gasteiger charge is -2.25. The normalized spacial score (nSPS) is 17.1. The SMILES string of the molecule is COC(=O)c1ccc(N2C(=O)C(=O)/C(=C(\O)c3cccc4ccccc34)C2c2ccccc2)cc1. The fourth-order valence-corrected chi connectivity index (χ4v) is 4.50. The zero-order valence-corrected chi connectivity index (χ0v) is 18.8. The number of carbonyl (C=O) groups excluding carboxylic acids is 3. The molecule has 4 aromatic carbocycles. The zero-order chi connectivity index (χ0) is 24.5. The first-order chi connectivity index (χ1) is 17.0. The van der Waals surface area contributed by atoms with Crippen LogP contribution >= 0.6 is 0 Å². The largest absolute Gasteiger partial charge is 0.507 e. The summed E-state index contributed by atoms with van der Waals surface area (Å²) in [5, 5.41) is 13.1. The molecule has 35 heavy (non-hydrogen) atoms. The van der Waals surface area contributed by atoms with Gasteiger partial charge in [0.2, 0.25) is 0 Å². The summed E-state index contributed by atoms with van der Waals surface area (Å²) in [5.74, 6) is -2.27. The van der Waals surface area contributed by atoms with E-state index in [-0.39, 0.29) is 11.3 Å². The van der Waals surface area contributed by atoms with Crippen molar-refractivity contribution in [3.05, 3.63) is 119 Å². The standard InChI is InChI=1S/C29H21NO5/c1-35-29(34)20-14-16-21(17-15-20)30-25(19-9-3-2-4-10-19)24(27(32)28(30)33)26(31)23-13-7-11-18-8-5-6-12-22(18)23/h2-17,25,31H,1H3/b26-24-. The van der Waals surface area contributed by atoms with Crippen molar-refractivity contribution in [2.24, 2.45) is 0 Å². The minimum atomic E-state index is -0.848. The molecule has 1 heterocycles. The number of amides is 1. The third kappa shape index (κ3) is 3.75. The van der Waals surface area contributed by atoms with Gasteiger partial charge >= 0.3 is 5.97 Å². The van der Waals surface area contributed by atoms with Crippen molar-refractivity contribution in [1.29, 1.82) is 0 Å². The average Bonchev–Trinajstić information content (AvgIpc) is 3.18. The highest BCUT2D eigenvalue weighted by atomic mass is 16.5. The van der Waals surface area contributed by atoms with Gasteiger partial charge in [-0.2, -0.15) is 0 Å². The van der Waals surface area contributed by atoms with E-state index in [0.717, 1.165) is 10.8 Å². The molecule has 1 amide bonds. The van der Waals surface area contributed by atoms with Gasteiger partial charge in [0.1, 0.15) is 5.76 Å². The molecule has 1 unspecified atom stereocenters. The Bertz CT molecular complexity index is 1480. The van der Waals surface area contributed by atoms with Crippen LogP contribution in [0.3, 0.4) is 0 Å². The maximum absolute atomic E-state index is 13.4. The number of hydrogen-bond acceptors (Lipinski definition) is 5. The van der Waals surface area contributed by atoms with Crippen molar-refractivity contribution in [2.45, 2.75) is 6.04 Å². The fraction of sp³-hybridized carbons (Fsp3) is 0.0690. The molecule has 6 nitrogen and oxygen atoms in total. The highest BCUT2D eigenvalue weighted by molar-refractivity contribution is 6.51. The van der Waals surface area contributed by atoms with Crippen molar-refractivity contribution in [1.82, 2.24) is 0 Å². The van der Waals surface area contributed by atoms with Crippen molar-refractivity contribution in [3.8, 4) is 0 Å². The third-order valence-electron chi connectivity index (χ3n) is 6.17. The number of ketones is 1. The van der Waals surface area contributed by atoms with Crippen LogP contribution in [0.1, 0.15) is 27.5 Å². The molecule has 1 aliphatic rings.